The summed E-state index contributed by atoms with van der Waals surface area (Å²) in [6.45, 7) is 3.42. The summed E-state index contributed by atoms with van der Waals surface area (Å²) >= 11 is 0. The number of rotatable bonds is 1. The van der Waals surface area contributed by atoms with Crippen molar-refractivity contribution in [2.45, 2.75) is 25.9 Å². The van der Waals surface area contributed by atoms with Gasteiger partial charge in [-0.1, -0.05) is 6.92 Å². The predicted octanol–water partition coefficient (Wildman–Crippen LogP) is 3.52. The van der Waals surface area contributed by atoms with Crippen LogP contribution in [0, 0.1) is 5.92 Å². The van der Waals surface area contributed by atoms with Crippen LogP contribution < -0.4 is 10.6 Å². The lowest BCUT2D eigenvalue weighted by Crippen LogP contribution is -2.35. The summed E-state index contributed by atoms with van der Waals surface area (Å²) in [6.07, 6.45) is -2.35. The molecule has 0 amide bonds. The average Bonchev–Trinajstić information content (AvgIpc) is 2.27. The van der Waals surface area contributed by atoms with Crippen LogP contribution in [0.5, 0.6) is 0 Å². The molecule has 1 aromatic rings. The van der Waals surface area contributed by atoms with Crippen molar-refractivity contribution in [3.63, 3.8) is 0 Å². The Morgan fingerprint density at radius 2 is 2.06 bits per heavy atom. The van der Waals surface area contributed by atoms with Gasteiger partial charge in [-0.2, -0.15) is 13.2 Å². The van der Waals surface area contributed by atoms with Gasteiger partial charge in [0.25, 0.3) is 0 Å². The highest BCUT2D eigenvalue weighted by atomic mass is 19.4. The van der Waals surface area contributed by atoms with Gasteiger partial charge in [-0.15, -0.1) is 0 Å². The SMILES string of the molecule is C[C@@H]1CCCN(c2ccc(N)cc2C(F)(F)F)C1. The molecule has 2 N–H and O–H groups in total. The average molecular weight is 258 g/mol. The van der Waals surface area contributed by atoms with Gasteiger partial charge in [0.15, 0.2) is 0 Å². The van der Waals surface area contributed by atoms with Gasteiger partial charge in [0.2, 0.25) is 0 Å². The first kappa shape index (κ1) is 13.1. The number of nitrogens with two attached hydrogens (primary N) is 1. The molecule has 1 aliphatic rings. The molecule has 1 heterocycles. The summed E-state index contributed by atoms with van der Waals surface area (Å²) < 4.78 is 39.0. The number of hydrogen-bond acceptors (Lipinski definition) is 2. The third kappa shape index (κ3) is 2.71. The number of nitrogen functional groups attached to an aromatic ring is 1. The molecule has 0 unspecified atom stereocenters. The molecule has 1 aromatic carbocycles. The Morgan fingerprint density at radius 3 is 2.67 bits per heavy atom. The smallest absolute Gasteiger partial charge is 0.399 e. The second-order valence-electron chi connectivity index (χ2n) is 4.97. The Kier molecular flexibility index (Phi) is 3.41. The van der Waals surface area contributed by atoms with E-state index in [9.17, 15) is 13.2 Å². The highest BCUT2D eigenvalue weighted by molar-refractivity contribution is 5.61. The van der Waals surface area contributed by atoms with E-state index in [1.807, 2.05) is 4.90 Å². The fourth-order valence-corrected chi connectivity index (χ4v) is 2.46. The van der Waals surface area contributed by atoms with Crippen molar-refractivity contribution in [1.82, 2.24) is 0 Å². The van der Waals surface area contributed by atoms with Crippen LogP contribution in [0.3, 0.4) is 0 Å². The van der Waals surface area contributed by atoms with E-state index in [1.54, 1.807) is 0 Å². The van der Waals surface area contributed by atoms with Crippen molar-refractivity contribution >= 4 is 11.4 Å². The fourth-order valence-electron chi connectivity index (χ4n) is 2.46. The first-order chi connectivity index (χ1) is 8.38. The number of anilines is 2. The molecular weight excluding hydrogens is 241 g/mol. The molecule has 18 heavy (non-hydrogen) atoms. The van der Waals surface area contributed by atoms with Crippen molar-refractivity contribution in [3.8, 4) is 0 Å². The van der Waals surface area contributed by atoms with Crippen LogP contribution in [-0.2, 0) is 6.18 Å². The maximum atomic E-state index is 13.0. The van der Waals surface area contributed by atoms with E-state index in [-0.39, 0.29) is 11.4 Å². The summed E-state index contributed by atoms with van der Waals surface area (Å²) in [6, 6.07) is 4.04. The Bertz CT molecular complexity index is 429. The molecule has 1 aliphatic heterocycles. The fraction of sp³-hybridized carbons (Fsp3) is 0.538. The second-order valence-corrected chi connectivity index (χ2v) is 4.97. The van der Waals surface area contributed by atoms with E-state index >= 15 is 0 Å². The van der Waals surface area contributed by atoms with E-state index < -0.39 is 11.7 Å². The molecule has 0 spiro atoms. The first-order valence-electron chi connectivity index (χ1n) is 6.09. The van der Waals surface area contributed by atoms with Gasteiger partial charge >= 0.3 is 6.18 Å². The molecule has 5 heteroatoms. The number of hydrogen-bond donors (Lipinski definition) is 1. The second kappa shape index (κ2) is 4.71. The summed E-state index contributed by atoms with van der Waals surface area (Å²) in [5.41, 5.74) is 5.24. The Morgan fingerprint density at radius 1 is 1.33 bits per heavy atom. The van der Waals surface area contributed by atoms with Crippen LogP contribution in [-0.4, -0.2) is 13.1 Å². The standard InChI is InChI=1S/C13H17F3N2/c1-9-3-2-6-18(8-9)12-5-4-10(17)7-11(12)13(14,15)16/h4-5,7,9H,2-3,6,8,17H2,1H3/t9-/m1/s1. The van der Waals surface area contributed by atoms with Crippen LogP contribution in [0.4, 0.5) is 24.5 Å². The molecule has 1 atom stereocenters. The molecule has 100 valence electrons. The van der Waals surface area contributed by atoms with Crippen molar-refractivity contribution in [1.29, 1.82) is 0 Å². The molecule has 0 bridgehead atoms. The minimum Gasteiger partial charge on any atom is -0.399 e. The first-order valence-corrected chi connectivity index (χ1v) is 6.09. The molecule has 1 fully saturated rings. The van der Waals surface area contributed by atoms with Gasteiger partial charge in [0.1, 0.15) is 0 Å². The highest BCUT2D eigenvalue weighted by Crippen LogP contribution is 2.38. The Labute approximate surface area is 105 Å². The van der Waals surface area contributed by atoms with Crippen molar-refractivity contribution < 1.29 is 13.2 Å². The third-order valence-corrected chi connectivity index (χ3v) is 3.32. The molecule has 0 radical (unpaired) electrons. The van der Waals surface area contributed by atoms with E-state index in [2.05, 4.69) is 6.92 Å². The quantitative estimate of drug-likeness (QED) is 0.781. The molecule has 2 rings (SSSR count). The molecule has 0 aromatic heterocycles. The van der Waals surface area contributed by atoms with Gasteiger partial charge < -0.3 is 10.6 Å². The number of piperidine rings is 1. The summed E-state index contributed by atoms with van der Waals surface area (Å²) in [4.78, 5) is 1.82. The van der Waals surface area contributed by atoms with Crippen LogP contribution in [0.15, 0.2) is 18.2 Å². The van der Waals surface area contributed by atoms with Crippen molar-refractivity contribution in [2.24, 2.45) is 5.92 Å². The summed E-state index contributed by atoms with van der Waals surface area (Å²) in [5.74, 6) is 0.428. The Balaban J connectivity index is 2.37. The molecular formula is C13H17F3N2. The van der Waals surface area contributed by atoms with Crippen LogP contribution in [0.25, 0.3) is 0 Å². The predicted molar refractivity (Wildman–Crippen MR) is 66.5 cm³/mol. The lowest BCUT2D eigenvalue weighted by atomic mass is 9.98. The highest BCUT2D eigenvalue weighted by Gasteiger charge is 2.35. The van der Waals surface area contributed by atoms with Crippen molar-refractivity contribution in [2.75, 3.05) is 23.7 Å². The maximum Gasteiger partial charge on any atom is 0.418 e. The lowest BCUT2D eigenvalue weighted by molar-refractivity contribution is -0.137. The number of nitrogens with zero attached hydrogens (tertiary/aromatic N) is 1. The lowest BCUT2D eigenvalue weighted by Gasteiger charge is -2.34. The van der Waals surface area contributed by atoms with Crippen LogP contribution >= 0.6 is 0 Å². The Hall–Kier alpha value is -1.39. The molecule has 0 saturated carbocycles. The monoisotopic (exact) mass is 258 g/mol. The molecule has 0 aliphatic carbocycles. The van der Waals surface area contributed by atoms with Gasteiger partial charge in [-0.05, 0) is 37.0 Å². The van der Waals surface area contributed by atoms with E-state index in [0.717, 1.165) is 18.9 Å². The number of alkyl halides is 3. The number of benzene rings is 1. The van der Waals surface area contributed by atoms with Gasteiger partial charge in [-0.25, -0.2) is 0 Å². The zero-order valence-electron chi connectivity index (χ0n) is 10.3. The largest absolute Gasteiger partial charge is 0.418 e. The maximum absolute atomic E-state index is 13.0. The minimum atomic E-state index is -4.36. The zero-order valence-corrected chi connectivity index (χ0v) is 10.3. The third-order valence-electron chi connectivity index (χ3n) is 3.32. The number of halogens is 3. The molecule has 2 nitrogen and oxygen atoms in total. The topological polar surface area (TPSA) is 29.3 Å². The van der Waals surface area contributed by atoms with E-state index in [1.165, 1.54) is 12.1 Å². The van der Waals surface area contributed by atoms with E-state index in [4.69, 9.17) is 5.73 Å². The van der Waals surface area contributed by atoms with Crippen molar-refractivity contribution in [3.05, 3.63) is 23.8 Å². The minimum absolute atomic E-state index is 0.149. The van der Waals surface area contributed by atoms with Crippen LogP contribution in [0.1, 0.15) is 25.3 Å². The molecule has 1 saturated heterocycles. The van der Waals surface area contributed by atoms with Gasteiger partial charge in [0, 0.05) is 24.5 Å². The van der Waals surface area contributed by atoms with Gasteiger partial charge in [-0.3, -0.25) is 0 Å². The summed E-state index contributed by atoms with van der Waals surface area (Å²) in [7, 11) is 0. The van der Waals surface area contributed by atoms with E-state index in [0.29, 0.717) is 19.0 Å². The normalized spacial score (nSPS) is 21.1. The van der Waals surface area contributed by atoms with Gasteiger partial charge in [0.05, 0.1) is 5.56 Å². The summed E-state index contributed by atoms with van der Waals surface area (Å²) in [5, 5.41) is 0. The van der Waals surface area contributed by atoms with Crippen LogP contribution in [0.2, 0.25) is 0 Å². The zero-order chi connectivity index (χ0) is 13.3.